The van der Waals surface area contributed by atoms with Crippen LogP contribution < -0.4 is 0 Å². The molecule has 0 aromatic heterocycles. The van der Waals surface area contributed by atoms with Gasteiger partial charge in [0.15, 0.2) is 0 Å². The predicted octanol–water partition coefficient (Wildman–Crippen LogP) is 3.81. The normalized spacial score (nSPS) is 19.2. The van der Waals surface area contributed by atoms with Gasteiger partial charge in [0.1, 0.15) is 0 Å². The number of hydrogen-bond donors (Lipinski definition) is 0. The van der Waals surface area contributed by atoms with Gasteiger partial charge in [0.25, 0.3) is 0 Å². The molecule has 2 rings (SSSR count). The number of allylic oxidation sites excluding steroid dienone is 3. The van der Waals surface area contributed by atoms with Crippen molar-refractivity contribution in [3.8, 4) is 0 Å². The Morgan fingerprint density at radius 1 is 1.08 bits per heavy atom. The van der Waals surface area contributed by atoms with Gasteiger partial charge in [-0.3, -0.25) is 0 Å². The van der Waals surface area contributed by atoms with Crippen LogP contribution in [0.3, 0.4) is 0 Å². The Morgan fingerprint density at radius 2 is 1.92 bits per heavy atom. The molecule has 0 heterocycles. The van der Waals surface area contributed by atoms with Crippen molar-refractivity contribution in [2.75, 3.05) is 0 Å². The summed E-state index contributed by atoms with van der Waals surface area (Å²) >= 11 is 0. The lowest BCUT2D eigenvalue weighted by Gasteiger charge is -2.06. The largest absolute Gasteiger partial charge is 0.0843 e. The monoisotopic (exact) mass is 170 g/mol. The van der Waals surface area contributed by atoms with E-state index in [2.05, 4.69) is 48.6 Å². The van der Waals surface area contributed by atoms with Crippen LogP contribution in [0.4, 0.5) is 0 Å². The van der Waals surface area contributed by atoms with Crippen molar-refractivity contribution in [2.45, 2.75) is 19.3 Å². The molecule has 0 atom stereocenters. The topological polar surface area (TPSA) is 0 Å². The van der Waals surface area contributed by atoms with Gasteiger partial charge < -0.3 is 0 Å². The molecule has 13 heavy (non-hydrogen) atoms. The summed E-state index contributed by atoms with van der Waals surface area (Å²) in [6.45, 7) is 0. The van der Waals surface area contributed by atoms with Crippen molar-refractivity contribution in [1.82, 2.24) is 0 Å². The third kappa shape index (κ3) is 2.32. The van der Waals surface area contributed by atoms with E-state index in [0.717, 1.165) is 0 Å². The third-order valence-electron chi connectivity index (χ3n) is 2.32. The van der Waals surface area contributed by atoms with Crippen molar-refractivity contribution < 1.29 is 0 Å². The van der Waals surface area contributed by atoms with Crippen LogP contribution in [0.1, 0.15) is 24.8 Å². The highest BCUT2D eigenvalue weighted by Crippen LogP contribution is 2.18. The van der Waals surface area contributed by atoms with E-state index in [-0.39, 0.29) is 0 Å². The molecule has 1 aliphatic carbocycles. The van der Waals surface area contributed by atoms with Crippen LogP contribution in [0.15, 0.2) is 48.1 Å². The Kier molecular flexibility index (Phi) is 2.61. The summed E-state index contributed by atoms with van der Waals surface area (Å²) < 4.78 is 0. The summed E-state index contributed by atoms with van der Waals surface area (Å²) in [6, 6.07) is 10.5. The van der Waals surface area contributed by atoms with Gasteiger partial charge in [-0.2, -0.15) is 0 Å². The molecular weight excluding hydrogens is 156 g/mol. The Hall–Kier alpha value is -1.30. The first-order chi connectivity index (χ1) is 6.45. The van der Waals surface area contributed by atoms with Crippen LogP contribution >= 0.6 is 0 Å². The minimum Gasteiger partial charge on any atom is -0.0843 e. The zero-order chi connectivity index (χ0) is 8.93. The van der Waals surface area contributed by atoms with E-state index in [9.17, 15) is 0 Å². The summed E-state index contributed by atoms with van der Waals surface area (Å²) in [6.07, 6.45) is 10.6. The molecule has 0 fully saturated rings. The molecule has 0 spiro atoms. The van der Waals surface area contributed by atoms with E-state index in [1.54, 1.807) is 0 Å². The standard InChI is InChI=1S/C13H14/c1-3-7-12(8-4-1)11-13-9-5-2-6-10-13/h1,3-5,7-9,11H,2,6,10H2/b13-11-. The van der Waals surface area contributed by atoms with Crippen LogP contribution in [0.5, 0.6) is 0 Å². The first kappa shape index (κ1) is 8.31. The zero-order valence-corrected chi connectivity index (χ0v) is 7.74. The molecule has 1 aromatic carbocycles. The Balaban J connectivity index is 2.20. The summed E-state index contributed by atoms with van der Waals surface area (Å²) in [5, 5.41) is 0. The minimum atomic E-state index is 1.23. The quantitative estimate of drug-likeness (QED) is 0.601. The SMILES string of the molecule is C1=C/C(=C/c2ccccc2)CCC1. The summed E-state index contributed by atoms with van der Waals surface area (Å²) in [5.41, 5.74) is 2.77. The Morgan fingerprint density at radius 3 is 2.62 bits per heavy atom. The van der Waals surface area contributed by atoms with Gasteiger partial charge in [-0.1, -0.05) is 48.6 Å². The number of benzene rings is 1. The first-order valence-electron chi connectivity index (χ1n) is 4.87. The lowest BCUT2D eigenvalue weighted by atomic mass is 10.00. The van der Waals surface area contributed by atoms with Crippen molar-refractivity contribution in [3.05, 3.63) is 53.6 Å². The van der Waals surface area contributed by atoms with Crippen molar-refractivity contribution in [1.29, 1.82) is 0 Å². The van der Waals surface area contributed by atoms with E-state index in [0.29, 0.717) is 0 Å². The van der Waals surface area contributed by atoms with Gasteiger partial charge >= 0.3 is 0 Å². The third-order valence-corrected chi connectivity index (χ3v) is 2.32. The second-order valence-corrected chi connectivity index (χ2v) is 3.42. The van der Waals surface area contributed by atoms with Gasteiger partial charge in [0.05, 0.1) is 0 Å². The molecule has 0 saturated carbocycles. The van der Waals surface area contributed by atoms with Crippen molar-refractivity contribution in [2.24, 2.45) is 0 Å². The van der Waals surface area contributed by atoms with Gasteiger partial charge in [-0.25, -0.2) is 0 Å². The van der Waals surface area contributed by atoms with E-state index in [4.69, 9.17) is 0 Å². The first-order valence-corrected chi connectivity index (χ1v) is 4.87. The minimum absolute atomic E-state index is 1.23. The molecule has 0 heteroatoms. The molecule has 0 unspecified atom stereocenters. The van der Waals surface area contributed by atoms with Gasteiger partial charge in [0, 0.05) is 0 Å². The molecule has 0 radical (unpaired) electrons. The summed E-state index contributed by atoms with van der Waals surface area (Å²) in [4.78, 5) is 0. The Labute approximate surface area is 79.6 Å². The molecule has 0 nitrogen and oxygen atoms in total. The van der Waals surface area contributed by atoms with Crippen LogP contribution in [0.25, 0.3) is 6.08 Å². The summed E-state index contributed by atoms with van der Waals surface area (Å²) in [7, 11) is 0. The molecule has 0 N–H and O–H groups in total. The molecule has 0 saturated heterocycles. The zero-order valence-electron chi connectivity index (χ0n) is 7.74. The van der Waals surface area contributed by atoms with Gasteiger partial charge in [0.2, 0.25) is 0 Å². The molecule has 0 bridgehead atoms. The van der Waals surface area contributed by atoms with E-state index < -0.39 is 0 Å². The molecule has 1 aromatic rings. The fraction of sp³-hybridized carbons (Fsp3) is 0.231. The van der Waals surface area contributed by atoms with Crippen molar-refractivity contribution in [3.63, 3.8) is 0 Å². The maximum atomic E-state index is 2.27. The van der Waals surface area contributed by atoms with E-state index in [1.807, 2.05) is 0 Å². The van der Waals surface area contributed by atoms with Crippen LogP contribution in [0.2, 0.25) is 0 Å². The molecule has 1 aliphatic rings. The average molecular weight is 170 g/mol. The summed E-state index contributed by atoms with van der Waals surface area (Å²) in [5.74, 6) is 0. The highest BCUT2D eigenvalue weighted by atomic mass is 14.0. The Bertz CT molecular complexity index is 317. The van der Waals surface area contributed by atoms with Crippen LogP contribution in [-0.4, -0.2) is 0 Å². The second kappa shape index (κ2) is 4.08. The lowest BCUT2D eigenvalue weighted by Crippen LogP contribution is -1.86. The van der Waals surface area contributed by atoms with Crippen LogP contribution in [0, 0.1) is 0 Å². The molecule has 66 valence electrons. The predicted molar refractivity (Wildman–Crippen MR) is 57.4 cm³/mol. The molecule has 0 amide bonds. The van der Waals surface area contributed by atoms with Gasteiger partial charge in [-0.05, 0) is 30.4 Å². The van der Waals surface area contributed by atoms with E-state index in [1.165, 1.54) is 30.4 Å². The highest BCUT2D eigenvalue weighted by molar-refractivity contribution is 5.55. The smallest absolute Gasteiger partial charge is 0.0254 e. The fourth-order valence-corrected chi connectivity index (χ4v) is 1.63. The maximum absolute atomic E-state index is 2.27. The number of rotatable bonds is 1. The lowest BCUT2D eigenvalue weighted by molar-refractivity contribution is 0.825. The second-order valence-electron chi connectivity index (χ2n) is 3.42. The highest BCUT2D eigenvalue weighted by Gasteiger charge is 1.98. The van der Waals surface area contributed by atoms with Crippen molar-refractivity contribution >= 4 is 6.08 Å². The molecular formula is C13H14. The maximum Gasteiger partial charge on any atom is -0.0254 e. The fourth-order valence-electron chi connectivity index (χ4n) is 1.63. The number of hydrogen-bond acceptors (Lipinski definition) is 0. The molecule has 0 aliphatic heterocycles. The average Bonchev–Trinajstić information content (AvgIpc) is 2.21. The van der Waals surface area contributed by atoms with E-state index >= 15 is 0 Å². The van der Waals surface area contributed by atoms with Crippen LogP contribution in [-0.2, 0) is 0 Å². The van der Waals surface area contributed by atoms with Gasteiger partial charge in [-0.15, -0.1) is 0 Å².